The van der Waals surface area contributed by atoms with Gasteiger partial charge in [0.1, 0.15) is 5.76 Å². The fraction of sp³-hybridized carbons (Fsp3) is 0.375. The molecule has 1 aromatic heterocycles. The second kappa shape index (κ2) is 7.59. The molecule has 0 aliphatic rings. The van der Waals surface area contributed by atoms with Crippen molar-refractivity contribution < 1.29 is 17.7 Å². The smallest absolute Gasteiger partial charge is 0.251 e. The Labute approximate surface area is 141 Å². The van der Waals surface area contributed by atoms with E-state index in [1.54, 1.807) is 0 Å². The largest absolute Gasteiger partial charge is 0.361 e. The summed E-state index contributed by atoms with van der Waals surface area (Å²) in [5.41, 5.74) is 1.25. The monoisotopic (exact) mass is 351 g/mol. The minimum Gasteiger partial charge on any atom is -0.361 e. The quantitative estimate of drug-likeness (QED) is 0.765. The Morgan fingerprint density at radius 1 is 1.25 bits per heavy atom. The number of amides is 1. The molecule has 0 bridgehead atoms. The Bertz CT molecular complexity index is 795. The fourth-order valence-corrected chi connectivity index (χ4v) is 2.99. The molecule has 0 aliphatic heterocycles. The van der Waals surface area contributed by atoms with Crippen LogP contribution in [-0.2, 0) is 16.4 Å². The summed E-state index contributed by atoms with van der Waals surface area (Å²) in [6, 6.07) is 7.74. The van der Waals surface area contributed by atoms with Crippen molar-refractivity contribution in [2.45, 2.75) is 24.7 Å². The molecule has 1 N–H and O–H groups in total. The number of benzene rings is 1. The van der Waals surface area contributed by atoms with Gasteiger partial charge in [0.2, 0.25) is 10.0 Å². The van der Waals surface area contributed by atoms with Crippen molar-refractivity contribution in [3.8, 4) is 0 Å². The highest BCUT2D eigenvalue weighted by atomic mass is 32.2. The second-order valence-corrected chi connectivity index (χ2v) is 7.76. The van der Waals surface area contributed by atoms with Gasteiger partial charge in [0.15, 0.2) is 0 Å². The van der Waals surface area contributed by atoms with Crippen LogP contribution in [0.15, 0.2) is 39.8 Å². The molecule has 8 heteroatoms. The van der Waals surface area contributed by atoms with Gasteiger partial charge >= 0.3 is 0 Å². The summed E-state index contributed by atoms with van der Waals surface area (Å²) >= 11 is 0. The maximum absolute atomic E-state index is 12.0. The van der Waals surface area contributed by atoms with Gasteiger partial charge in [-0.25, -0.2) is 12.7 Å². The number of rotatable bonds is 7. The summed E-state index contributed by atoms with van der Waals surface area (Å²) in [5.74, 6) is 0.553. The fourth-order valence-electron chi connectivity index (χ4n) is 2.09. The van der Waals surface area contributed by atoms with Crippen molar-refractivity contribution >= 4 is 15.9 Å². The van der Waals surface area contributed by atoms with Gasteiger partial charge in [0.05, 0.1) is 10.6 Å². The standard InChI is InChI=1S/C16H21N3O4S/c1-12-11-14(23-18-12)5-4-10-17-16(20)13-6-8-15(9-7-13)24(21,22)19(2)3/h6-9,11H,4-5,10H2,1-3H3,(H,17,20). The van der Waals surface area contributed by atoms with Gasteiger partial charge in [-0.2, -0.15) is 0 Å². The highest BCUT2D eigenvalue weighted by Gasteiger charge is 2.17. The van der Waals surface area contributed by atoms with Crippen molar-refractivity contribution in [3.05, 3.63) is 47.3 Å². The van der Waals surface area contributed by atoms with E-state index in [2.05, 4.69) is 10.5 Å². The Morgan fingerprint density at radius 3 is 2.46 bits per heavy atom. The number of aromatic nitrogens is 1. The first-order valence-corrected chi connectivity index (χ1v) is 8.97. The van der Waals surface area contributed by atoms with E-state index in [-0.39, 0.29) is 10.8 Å². The lowest BCUT2D eigenvalue weighted by atomic mass is 10.2. The number of carbonyl (C=O) groups is 1. The first-order valence-electron chi connectivity index (χ1n) is 7.53. The zero-order valence-corrected chi connectivity index (χ0v) is 14.8. The maximum Gasteiger partial charge on any atom is 0.251 e. The minimum absolute atomic E-state index is 0.157. The van der Waals surface area contributed by atoms with Crippen molar-refractivity contribution in [2.24, 2.45) is 0 Å². The Kier molecular flexibility index (Phi) is 5.74. The van der Waals surface area contributed by atoms with Gasteiger partial charge < -0.3 is 9.84 Å². The molecule has 2 rings (SSSR count). The summed E-state index contributed by atoms with van der Waals surface area (Å²) in [6.07, 6.45) is 1.43. The van der Waals surface area contributed by atoms with E-state index in [0.29, 0.717) is 18.5 Å². The number of nitrogens with one attached hydrogen (secondary N) is 1. The van der Waals surface area contributed by atoms with Crippen LogP contribution in [-0.4, -0.2) is 44.4 Å². The SMILES string of the molecule is Cc1cc(CCCNC(=O)c2ccc(S(=O)(=O)N(C)C)cc2)on1. The number of hydrogen-bond donors (Lipinski definition) is 1. The molecule has 0 fully saturated rings. The van der Waals surface area contributed by atoms with E-state index < -0.39 is 10.0 Å². The Hall–Kier alpha value is -2.19. The van der Waals surface area contributed by atoms with Crippen molar-refractivity contribution in [1.82, 2.24) is 14.8 Å². The van der Waals surface area contributed by atoms with Crippen LogP contribution in [0.2, 0.25) is 0 Å². The van der Waals surface area contributed by atoms with Crippen LogP contribution in [0.3, 0.4) is 0 Å². The third-order valence-corrected chi connectivity index (χ3v) is 5.29. The number of sulfonamides is 1. The topological polar surface area (TPSA) is 92.5 Å². The van der Waals surface area contributed by atoms with E-state index in [0.717, 1.165) is 22.2 Å². The van der Waals surface area contributed by atoms with E-state index in [1.165, 1.54) is 38.4 Å². The highest BCUT2D eigenvalue weighted by Crippen LogP contribution is 2.14. The summed E-state index contributed by atoms with van der Waals surface area (Å²) < 4.78 is 30.2. The summed E-state index contributed by atoms with van der Waals surface area (Å²) in [6.45, 7) is 2.35. The average molecular weight is 351 g/mol. The molecule has 0 aliphatic carbocycles. The Balaban J connectivity index is 1.86. The van der Waals surface area contributed by atoms with Crippen LogP contribution in [0.25, 0.3) is 0 Å². The molecule has 130 valence electrons. The predicted molar refractivity (Wildman–Crippen MR) is 89.2 cm³/mol. The van der Waals surface area contributed by atoms with Gasteiger partial charge in [-0.05, 0) is 37.6 Å². The number of aryl methyl sites for hydroxylation is 2. The molecule has 0 spiro atoms. The molecule has 0 radical (unpaired) electrons. The van der Waals surface area contributed by atoms with E-state index >= 15 is 0 Å². The van der Waals surface area contributed by atoms with Gasteiger partial charge in [-0.1, -0.05) is 5.16 Å². The molecule has 0 saturated carbocycles. The third kappa shape index (κ3) is 4.42. The first-order chi connectivity index (χ1) is 11.3. The normalized spacial score (nSPS) is 11.7. The lowest BCUT2D eigenvalue weighted by Crippen LogP contribution is -2.25. The Morgan fingerprint density at radius 2 is 1.92 bits per heavy atom. The van der Waals surface area contributed by atoms with Crippen molar-refractivity contribution in [1.29, 1.82) is 0 Å². The van der Waals surface area contributed by atoms with Gasteiger partial charge in [0, 0.05) is 38.7 Å². The molecular formula is C16H21N3O4S. The van der Waals surface area contributed by atoms with Crippen LogP contribution in [0, 0.1) is 6.92 Å². The van der Waals surface area contributed by atoms with E-state index in [9.17, 15) is 13.2 Å². The van der Waals surface area contributed by atoms with Gasteiger partial charge in [-0.15, -0.1) is 0 Å². The van der Waals surface area contributed by atoms with Crippen molar-refractivity contribution in [2.75, 3.05) is 20.6 Å². The molecule has 2 aromatic rings. The molecule has 0 atom stereocenters. The molecule has 1 amide bonds. The van der Waals surface area contributed by atoms with Crippen LogP contribution >= 0.6 is 0 Å². The van der Waals surface area contributed by atoms with Gasteiger partial charge in [-0.3, -0.25) is 4.79 Å². The average Bonchev–Trinajstić information content (AvgIpc) is 2.96. The highest BCUT2D eigenvalue weighted by molar-refractivity contribution is 7.89. The summed E-state index contributed by atoms with van der Waals surface area (Å²) in [7, 11) is -0.555. The lowest BCUT2D eigenvalue weighted by Gasteiger charge is -2.11. The zero-order valence-electron chi connectivity index (χ0n) is 13.9. The predicted octanol–water partition coefficient (Wildman–Crippen LogP) is 1.60. The first kappa shape index (κ1) is 18.2. The summed E-state index contributed by atoms with van der Waals surface area (Å²) in [4.78, 5) is 12.2. The zero-order chi connectivity index (χ0) is 17.7. The number of hydrogen-bond acceptors (Lipinski definition) is 5. The van der Waals surface area contributed by atoms with Crippen LogP contribution in [0.4, 0.5) is 0 Å². The number of carbonyl (C=O) groups excluding carboxylic acids is 1. The van der Waals surface area contributed by atoms with Crippen LogP contribution in [0.5, 0.6) is 0 Å². The number of nitrogens with zero attached hydrogens (tertiary/aromatic N) is 2. The van der Waals surface area contributed by atoms with Crippen molar-refractivity contribution in [3.63, 3.8) is 0 Å². The van der Waals surface area contributed by atoms with Crippen LogP contribution < -0.4 is 5.32 Å². The maximum atomic E-state index is 12.0. The lowest BCUT2D eigenvalue weighted by molar-refractivity contribution is 0.0953. The second-order valence-electron chi connectivity index (χ2n) is 5.61. The molecular weight excluding hydrogens is 330 g/mol. The van der Waals surface area contributed by atoms with Gasteiger partial charge in [0.25, 0.3) is 5.91 Å². The molecule has 0 saturated heterocycles. The summed E-state index contributed by atoms with van der Waals surface area (Å²) in [5, 5.41) is 6.60. The van der Waals surface area contributed by atoms with Crippen LogP contribution in [0.1, 0.15) is 28.2 Å². The minimum atomic E-state index is -3.48. The van der Waals surface area contributed by atoms with E-state index in [4.69, 9.17) is 4.52 Å². The van der Waals surface area contributed by atoms with E-state index in [1.807, 2.05) is 13.0 Å². The molecule has 1 aromatic carbocycles. The third-order valence-electron chi connectivity index (χ3n) is 3.46. The molecule has 1 heterocycles. The molecule has 24 heavy (non-hydrogen) atoms. The molecule has 0 unspecified atom stereocenters. The molecule has 7 nitrogen and oxygen atoms in total.